The molecule has 5 unspecified atom stereocenters. The number of hydrogen-bond donors (Lipinski definition) is 0. The van der Waals surface area contributed by atoms with Gasteiger partial charge in [-0.05, 0) is 5.75 Å². The van der Waals surface area contributed by atoms with Crippen LogP contribution in [0, 0.1) is 0 Å². The molecule has 2 fully saturated rings. The van der Waals surface area contributed by atoms with Gasteiger partial charge in [0, 0.05) is 20.8 Å². The summed E-state index contributed by atoms with van der Waals surface area (Å²) in [6.07, 6.45) is -2.73. The third-order valence-corrected chi connectivity index (χ3v) is 4.10. The van der Waals surface area contributed by atoms with Crippen molar-refractivity contribution in [1.29, 1.82) is 0 Å². The third kappa shape index (κ3) is 3.88. The first kappa shape index (κ1) is 16.5. The minimum atomic E-state index is -0.867. The molecular weight excluding hydrogens is 300 g/mol. The quantitative estimate of drug-likeness (QED) is 0.711. The molecule has 0 bridgehead atoms. The van der Waals surface area contributed by atoms with Crippen LogP contribution in [0.1, 0.15) is 27.7 Å². The number of rotatable bonds is 4. The molecule has 21 heavy (non-hydrogen) atoms. The summed E-state index contributed by atoms with van der Waals surface area (Å²) in [5.41, 5.74) is 0. The van der Waals surface area contributed by atoms with Crippen molar-refractivity contribution in [3.63, 3.8) is 0 Å². The largest absolute Gasteiger partial charge is 0.456 e. The second-order valence-electron chi connectivity index (χ2n) is 4.92. The number of carbonyl (C=O) groups excluding carboxylic acids is 2. The maximum atomic E-state index is 11.3. The van der Waals surface area contributed by atoms with Crippen LogP contribution in [-0.2, 0) is 33.3 Å². The number of ether oxygens (including phenoxy) is 5. The van der Waals surface area contributed by atoms with Crippen LogP contribution in [0.15, 0.2) is 0 Å². The van der Waals surface area contributed by atoms with Crippen molar-refractivity contribution in [1.82, 2.24) is 0 Å². The van der Waals surface area contributed by atoms with E-state index in [0.717, 1.165) is 5.75 Å². The summed E-state index contributed by atoms with van der Waals surface area (Å²) in [7, 11) is 0. The predicted octanol–water partition coefficient (Wildman–Crippen LogP) is 1.05. The molecule has 0 N–H and O–H groups in total. The molecule has 120 valence electrons. The van der Waals surface area contributed by atoms with Crippen LogP contribution in [-0.4, -0.2) is 54.0 Å². The zero-order chi connectivity index (χ0) is 15.6. The fourth-order valence-corrected chi connectivity index (χ4v) is 3.30. The Morgan fingerprint density at radius 1 is 1.24 bits per heavy atom. The summed E-state index contributed by atoms with van der Waals surface area (Å²) in [6, 6.07) is 0. The van der Waals surface area contributed by atoms with E-state index in [1.807, 2.05) is 6.92 Å². The highest BCUT2D eigenvalue weighted by atomic mass is 32.2. The van der Waals surface area contributed by atoms with Gasteiger partial charge in [-0.25, -0.2) is 0 Å². The first-order chi connectivity index (χ1) is 9.84. The Hall–Kier alpha value is -0.830. The molecule has 0 radical (unpaired) electrons. The fraction of sp³-hybridized carbons (Fsp3) is 0.846. The van der Waals surface area contributed by atoms with E-state index < -0.39 is 41.7 Å². The Labute approximate surface area is 127 Å². The average molecular weight is 320 g/mol. The van der Waals surface area contributed by atoms with Gasteiger partial charge in [0.15, 0.2) is 24.6 Å². The fourth-order valence-electron chi connectivity index (χ4n) is 2.43. The van der Waals surface area contributed by atoms with E-state index in [2.05, 4.69) is 0 Å². The van der Waals surface area contributed by atoms with Crippen LogP contribution in [0.4, 0.5) is 0 Å². The number of esters is 2. The lowest BCUT2D eigenvalue weighted by molar-refractivity contribution is -0.229. The summed E-state index contributed by atoms with van der Waals surface area (Å²) < 4.78 is 27.6. The normalized spacial score (nSPS) is 38.7. The maximum Gasteiger partial charge on any atom is 0.303 e. The lowest BCUT2D eigenvalue weighted by Crippen LogP contribution is -2.54. The van der Waals surface area contributed by atoms with Crippen LogP contribution in [0.2, 0.25) is 0 Å². The summed E-state index contributed by atoms with van der Waals surface area (Å²) >= 11 is 1.47. The van der Waals surface area contributed by atoms with Crippen LogP contribution >= 0.6 is 11.8 Å². The van der Waals surface area contributed by atoms with Gasteiger partial charge in [0.25, 0.3) is 0 Å². The Morgan fingerprint density at radius 2 is 1.90 bits per heavy atom. The highest BCUT2D eigenvalue weighted by Crippen LogP contribution is 2.42. The molecule has 5 atom stereocenters. The summed E-state index contributed by atoms with van der Waals surface area (Å²) in [4.78, 5) is 22.5. The first-order valence-electron chi connectivity index (χ1n) is 6.80. The van der Waals surface area contributed by atoms with Crippen molar-refractivity contribution in [2.75, 3.05) is 12.4 Å². The Kier molecular flexibility index (Phi) is 5.13. The third-order valence-electron chi connectivity index (χ3n) is 3.09. The van der Waals surface area contributed by atoms with Crippen molar-refractivity contribution < 1.29 is 33.3 Å². The molecule has 0 spiro atoms. The molecule has 7 nitrogen and oxygen atoms in total. The van der Waals surface area contributed by atoms with Gasteiger partial charge in [0.05, 0.1) is 6.61 Å². The van der Waals surface area contributed by atoms with E-state index >= 15 is 0 Å². The lowest BCUT2D eigenvalue weighted by atomic mass is 10.1. The molecule has 0 amide bonds. The number of hydrogen-bond acceptors (Lipinski definition) is 8. The van der Waals surface area contributed by atoms with Crippen molar-refractivity contribution in [3.05, 3.63) is 0 Å². The van der Waals surface area contributed by atoms with E-state index in [9.17, 15) is 9.59 Å². The zero-order valence-corrected chi connectivity index (χ0v) is 13.3. The molecule has 0 aromatic rings. The van der Waals surface area contributed by atoms with Gasteiger partial charge in [0.1, 0.15) is 0 Å². The number of fused-ring (bicyclic) bond motifs is 1. The molecule has 0 saturated carbocycles. The molecular formula is C13H20O7S. The molecule has 2 heterocycles. The number of thioether (sulfide) groups is 1. The molecule has 8 heteroatoms. The van der Waals surface area contributed by atoms with Crippen LogP contribution in [0.5, 0.6) is 0 Å². The van der Waals surface area contributed by atoms with E-state index in [0.29, 0.717) is 0 Å². The number of carbonyl (C=O) groups is 2. The van der Waals surface area contributed by atoms with Gasteiger partial charge in [0.2, 0.25) is 5.12 Å². The topological polar surface area (TPSA) is 80.3 Å². The maximum absolute atomic E-state index is 11.3. The van der Waals surface area contributed by atoms with Gasteiger partial charge in [-0.2, -0.15) is 0 Å². The molecule has 2 rings (SSSR count). The molecule has 0 aliphatic carbocycles. The standard InChI is InChI=1S/C13H20O7S/c1-5-21-13(4)19-11-10(18-8(3)15)9(17-7(2)14)6-16-12(11)20-13/h9-12H,5-6H2,1-4H3. The van der Waals surface area contributed by atoms with Crippen molar-refractivity contribution in [3.8, 4) is 0 Å². The SMILES string of the molecule is CCSC1(C)OC2OCC(OC(C)=O)C(OC(C)=O)C2O1. The van der Waals surface area contributed by atoms with Crippen LogP contribution in [0.25, 0.3) is 0 Å². The minimum absolute atomic E-state index is 0.0922. The first-order valence-corrected chi connectivity index (χ1v) is 7.79. The molecule has 2 aliphatic rings. The average Bonchev–Trinajstić information content (AvgIpc) is 2.68. The second kappa shape index (κ2) is 6.51. The van der Waals surface area contributed by atoms with Crippen molar-refractivity contribution in [2.45, 2.75) is 57.4 Å². The minimum Gasteiger partial charge on any atom is -0.456 e. The van der Waals surface area contributed by atoms with E-state index in [4.69, 9.17) is 23.7 Å². The zero-order valence-electron chi connectivity index (χ0n) is 12.5. The highest BCUT2D eigenvalue weighted by Gasteiger charge is 2.55. The molecule has 2 aliphatic heterocycles. The van der Waals surface area contributed by atoms with Gasteiger partial charge in [-0.1, -0.05) is 18.7 Å². The summed E-state index contributed by atoms with van der Waals surface area (Å²) in [5.74, 6) is -0.149. The molecule has 2 saturated heterocycles. The van der Waals surface area contributed by atoms with Gasteiger partial charge >= 0.3 is 11.9 Å². The van der Waals surface area contributed by atoms with Gasteiger partial charge in [-0.15, -0.1) is 0 Å². The Bertz CT molecular complexity index is 415. The highest BCUT2D eigenvalue weighted by molar-refractivity contribution is 8.00. The van der Waals surface area contributed by atoms with E-state index in [-0.39, 0.29) is 6.61 Å². The van der Waals surface area contributed by atoms with E-state index in [1.54, 1.807) is 6.92 Å². The Morgan fingerprint density at radius 3 is 2.48 bits per heavy atom. The molecule has 0 aromatic carbocycles. The van der Waals surface area contributed by atoms with Crippen molar-refractivity contribution in [2.24, 2.45) is 0 Å². The van der Waals surface area contributed by atoms with Gasteiger partial charge in [-0.3, -0.25) is 9.59 Å². The second-order valence-corrected chi connectivity index (χ2v) is 6.53. The lowest BCUT2D eigenvalue weighted by Gasteiger charge is -2.36. The summed E-state index contributed by atoms with van der Waals surface area (Å²) in [6.45, 7) is 6.45. The van der Waals surface area contributed by atoms with Crippen LogP contribution < -0.4 is 0 Å². The Balaban J connectivity index is 2.15. The van der Waals surface area contributed by atoms with Gasteiger partial charge < -0.3 is 23.7 Å². The molecule has 0 aromatic heterocycles. The van der Waals surface area contributed by atoms with E-state index in [1.165, 1.54) is 25.6 Å². The summed E-state index contributed by atoms with van der Waals surface area (Å²) in [5, 5.41) is -0.867. The monoisotopic (exact) mass is 320 g/mol. The smallest absolute Gasteiger partial charge is 0.303 e. The predicted molar refractivity (Wildman–Crippen MR) is 73.3 cm³/mol. The van der Waals surface area contributed by atoms with Crippen molar-refractivity contribution >= 4 is 23.7 Å². The van der Waals surface area contributed by atoms with Crippen LogP contribution in [0.3, 0.4) is 0 Å².